The number of ether oxygens (including phenoxy) is 1. The quantitative estimate of drug-likeness (QED) is 0.535. The van der Waals surface area contributed by atoms with E-state index >= 15 is 0 Å². The number of nitrogens with one attached hydrogen (secondary N) is 1. The number of rotatable bonds is 7. The van der Waals surface area contributed by atoms with Crippen molar-refractivity contribution in [3.8, 4) is 0 Å². The van der Waals surface area contributed by atoms with E-state index in [1.165, 1.54) is 7.11 Å². The Balaban J connectivity index is 4.05. The highest BCUT2D eigenvalue weighted by Gasteiger charge is 2.07. The molecule has 94 valence electrons. The van der Waals surface area contributed by atoms with Crippen LogP contribution < -0.4 is 5.32 Å². The van der Waals surface area contributed by atoms with Crippen molar-refractivity contribution in [3.63, 3.8) is 0 Å². The van der Waals surface area contributed by atoms with Crippen LogP contribution in [0.5, 0.6) is 0 Å². The summed E-state index contributed by atoms with van der Waals surface area (Å²) in [4.78, 5) is 11.2. The lowest BCUT2D eigenvalue weighted by Crippen LogP contribution is -2.31. The first-order valence-corrected chi connectivity index (χ1v) is 7.04. The van der Waals surface area contributed by atoms with E-state index in [0.717, 1.165) is 0 Å². The Kier molecular flexibility index (Phi) is 8.11. The lowest BCUT2D eigenvalue weighted by molar-refractivity contribution is -0.136. The monoisotopic (exact) mass is 247 g/mol. The number of hydrogen-bond acceptors (Lipinski definition) is 4. The lowest BCUT2D eigenvalue weighted by Gasteiger charge is -2.10. The van der Waals surface area contributed by atoms with Gasteiger partial charge in [-0.1, -0.05) is 13.0 Å². The molecule has 4 nitrogen and oxygen atoms in total. The zero-order valence-corrected chi connectivity index (χ0v) is 11.2. The second-order valence-corrected chi connectivity index (χ2v) is 5.10. The summed E-state index contributed by atoms with van der Waals surface area (Å²) in [5.74, 6) is 0.337. The second kappa shape index (κ2) is 8.47. The smallest absolute Gasteiger partial charge is 0.333 e. The van der Waals surface area contributed by atoms with Gasteiger partial charge in [0, 0.05) is 41.0 Å². The zero-order valence-electron chi connectivity index (χ0n) is 10.4. The largest absolute Gasteiger partial charge is 0.466 e. The molecule has 2 unspecified atom stereocenters. The summed E-state index contributed by atoms with van der Waals surface area (Å²) in [7, 11) is 0.580. The Morgan fingerprint density at radius 2 is 2.19 bits per heavy atom. The van der Waals surface area contributed by atoms with Crippen molar-refractivity contribution in [3.05, 3.63) is 11.6 Å². The van der Waals surface area contributed by atoms with E-state index in [-0.39, 0.29) is 12.0 Å². The van der Waals surface area contributed by atoms with Crippen LogP contribution >= 0.6 is 0 Å². The maximum atomic E-state index is 11.2. The minimum atomic E-state index is -0.797. The minimum Gasteiger partial charge on any atom is -0.466 e. The third-order valence-corrected chi connectivity index (χ3v) is 3.10. The van der Waals surface area contributed by atoms with E-state index in [2.05, 4.69) is 10.1 Å². The average Bonchev–Trinajstić information content (AvgIpc) is 2.22. The molecule has 0 rings (SSSR count). The fraction of sp³-hybridized carbons (Fsp3) is 0.727. The van der Waals surface area contributed by atoms with Crippen molar-refractivity contribution >= 4 is 16.8 Å². The molecule has 0 heterocycles. The van der Waals surface area contributed by atoms with Gasteiger partial charge in [-0.25, -0.2) is 4.79 Å². The highest BCUT2D eigenvalue weighted by molar-refractivity contribution is 7.84. The number of methoxy groups -OCH3 is 1. The van der Waals surface area contributed by atoms with Gasteiger partial charge in [0.25, 0.3) is 0 Å². The lowest BCUT2D eigenvalue weighted by atomic mass is 10.2. The Labute approximate surface area is 99.9 Å². The fourth-order valence-corrected chi connectivity index (χ4v) is 2.12. The predicted molar refractivity (Wildman–Crippen MR) is 66.8 cm³/mol. The summed E-state index contributed by atoms with van der Waals surface area (Å²) in [6.07, 6.45) is 4.16. The predicted octanol–water partition coefficient (Wildman–Crippen LogP) is 0.852. The van der Waals surface area contributed by atoms with Crippen molar-refractivity contribution < 1.29 is 13.7 Å². The van der Waals surface area contributed by atoms with Gasteiger partial charge in [0.2, 0.25) is 0 Å². The van der Waals surface area contributed by atoms with Crippen molar-refractivity contribution in [1.29, 1.82) is 0 Å². The van der Waals surface area contributed by atoms with Crippen LogP contribution in [-0.4, -0.2) is 41.9 Å². The molecule has 0 aromatic rings. The van der Waals surface area contributed by atoms with Crippen LogP contribution in [0.3, 0.4) is 0 Å². The molecule has 0 spiro atoms. The first-order valence-electron chi connectivity index (χ1n) is 5.32. The number of esters is 1. The van der Waals surface area contributed by atoms with Crippen molar-refractivity contribution in [2.45, 2.75) is 26.3 Å². The summed E-state index contributed by atoms with van der Waals surface area (Å²) >= 11 is 0. The standard InChI is InChI=1S/C11H21NO3S/c1-5-10(11(13)15-3)6-7-12-9(2)8-16(4)14/h6,9,12H,5,7-8H2,1-4H3. The van der Waals surface area contributed by atoms with Crippen LogP contribution in [0.15, 0.2) is 11.6 Å². The SMILES string of the molecule is CCC(=CCNC(C)CS(C)=O)C(=O)OC. The maximum Gasteiger partial charge on any atom is 0.333 e. The highest BCUT2D eigenvalue weighted by Crippen LogP contribution is 2.01. The molecule has 0 aliphatic heterocycles. The van der Waals surface area contributed by atoms with Gasteiger partial charge >= 0.3 is 5.97 Å². The Morgan fingerprint density at radius 1 is 1.56 bits per heavy atom. The van der Waals surface area contributed by atoms with Gasteiger partial charge in [-0.2, -0.15) is 0 Å². The van der Waals surface area contributed by atoms with E-state index in [4.69, 9.17) is 0 Å². The van der Waals surface area contributed by atoms with E-state index < -0.39 is 10.8 Å². The average molecular weight is 247 g/mol. The van der Waals surface area contributed by atoms with Crippen LogP contribution in [0.2, 0.25) is 0 Å². The summed E-state index contributed by atoms with van der Waals surface area (Å²) in [5, 5.41) is 3.18. The molecular weight excluding hydrogens is 226 g/mol. The van der Waals surface area contributed by atoms with Gasteiger partial charge in [-0.15, -0.1) is 0 Å². The molecule has 0 fully saturated rings. The summed E-state index contributed by atoms with van der Waals surface area (Å²) in [5.41, 5.74) is 0.667. The third kappa shape index (κ3) is 6.74. The van der Waals surface area contributed by atoms with Crippen LogP contribution in [0, 0.1) is 0 Å². The van der Waals surface area contributed by atoms with Gasteiger partial charge in [-0.05, 0) is 13.3 Å². The van der Waals surface area contributed by atoms with Gasteiger partial charge < -0.3 is 10.1 Å². The maximum absolute atomic E-state index is 11.2. The summed E-state index contributed by atoms with van der Waals surface area (Å²) in [6, 6.07) is 0.179. The summed E-state index contributed by atoms with van der Waals surface area (Å²) in [6.45, 7) is 4.48. The molecule has 0 amide bonds. The number of carbonyl (C=O) groups excluding carboxylic acids is 1. The summed E-state index contributed by atoms with van der Waals surface area (Å²) < 4.78 is 15.6. The Morgan fingerprint density at radius 3 is 2.62 bits per heavy atom. The molecule has 0 bridgehead atoms. The highest BCUT2D eigenvalue weighted by atomic mass is 32.2. The molecule has 1 N–H and O–H groups in total. The van der Waals surface area contributed by atoms with E-state index in [0.29, 0.717) is 24.3 Å². The van der Waals surface area contributed by atoms with E-state index in [9.17, 15) is 9.00 Å². The molecule has 5 heteroatoms. The molecule has 0 saturated carbocycles. The van der Waals surface area contributed by atoms with Gasteiger partial charge in [0.05, 0.1) is 7.11 Å². The minimum absolute atomic E-state index is 0.179. The Hall–Kier alpha value is -0.680. The van der Waals surface area contributed by atoms with Crippen LogP contribution in [0.4, 0.5) is 0 Å². The van der Waals surface area contributed by atoms with Crippen molar-refractivity contribution in [1.82, 2.24) is 5.32 Å². The molecule has 0 aliphatic rings. The number of carbonyl (C=O) groups is 1. The second-order valence-electron chi connectivity index (χ2n) is 3.62. The molecule has 0 radical (unpaired) electrons. The zero-order chi connectivity index (χ0) is 12.6. The van der Waals surface area contributed by atoms with Crippen molar-refractivity contribution in [2.24, 2.45) is 0 Å². The van der Waals surface area contributed by atoms with Crippen molar-refractivity contribution in [2.75, 3.05) is 25.7 Å². The first kappa shape index (κ1) is 15.3. The fourth-order valence-electron chi connectivity index (χ4n) is 1.30. The molecule has 2 atom stereocenters. The molecule has 0 aromatic carbocycles. The van der Waals surface area contributed by atoms with Crippen LogP contribution in [-0.2, 0) is 20.3 Å². The van der Waals surface area contributed by atoms with E-state index in [1.807, 2.05) is 19.9 Å². The molecular formula is C11H21NO3S. The topological polar surface area (TPSA) is 55.4 Å². The molecule has 16 heavy (non-hydrogen) atoms. The van der Waals surface area contributed by atoms with Gasteiger partial charge in [0.1, 0.15) is 0 Å². The van der Waals surface area contributed by atoms with Crippen LogP contribution in [0.1, 0.15) is 20.3 Å². The van der Waals surface area contributed by atoms with Gasteiger partial charge in [-0.3, -0.25) is 4.21 Å². The van der Waals surface area contributed by atoms with Gasteiger partial charge in [0.15, 0.2) is 0 Å². The molecule has 0 aromatic heterocycles. The van der Waals surface area contributed by atoms with E-state index in [1.54, 1.807) is 6.26 Å². The molecule has 0 saturated heterocycles. The number of hydrogen-bond donors (Lipinski definition) is 1. The first-order chi connectivity index (χ1) is 7.51. The molecule has 0 aliphatic carbocycles. The Bertz CT molecular complexity index is 276. The normalized spacial score (nSPS) is 15.6. The third-order valence-electron chi connectivity index (χ3n) is 2.13. The van der Waals surface area contributed by atoms with Crippen LogP contribution in [0.25, 0.3) is 0 Å².